The number of hydrogen-bond donors (Lipinski definition) is 2. The van der Waals surface area contributed by atoms with Crippen LogP contribution in [-0.2, 0) is 15.9 Å². The van der Waals surface area contributed by atoms with E-state index in [0.717, 1.165) is 12.1 Å². The summed E-state index contributed by atoms with van der Waals surface area (Å²) < 4.78 is 11.0. The number of rotatable bonds is 1. The molecule has 104 valence electrons. The van der Waals surface area contributed by atoms with Crippen LogP contribution in [0.2, 0.25) is 0 Å². The number of carbonyl (C=O) groups excluding carboxylic acids is 1. The van der Waals surface area contributed by atoms with Crippen LogP contribution in [0, 0.1) is 5.41 Å². The topological polar surface area (TPSA) is 76.2 Å². The number of amides is 1. The van der Waals surface area contributed by atoms with E-state index in [1.165, 1.54) is 0 Å². The standard InChI is InChI=1S/C13H19N3O3/c1-13(2)5-8-10(12(17)14-7-13)16-11(15-8)9-6-18-3-4-19-9/h9H,3-7H2,1-2H3,(H,14,17)(H,15,16)/t9-/m1/s1. The smallest absolute Gasteiger partial charge is 0.271 e. The third-order valence-electron chi connectivity index (χ3n) is 3.52. The number of aromatic amines is 1. The Morgan fingerprint density at radius 3 is 2.95 bits per heavy atom. The summed E-state index contributed by atoms with van der Waals surface area (Å²) in [5, 5.41) is 2.91. The molecule has 1 aromatic heterocycles. The van der Waals surface area contributed by atoms with Crippen molar-refractivity contribution in [2.24, 2.45) is 5.41 Å². The van der Waals surface area contributed by atoms with E-state index in [9.17, 15) is 4.79 Å². The monoisotopic (exact) mass is 265 g/mol. The lowest BCUT2D eigenvalue weighted by Crippen LogP contribution is -2.32. The quantitative estimate of drug-likeness (QED) is 0.788. The van der Waals surface area contributed by atoms with Crippen LogP contribution in [0.4, 0.5) is 0 Å². The SMILES string of the molecule is CC1(C)CNC(=O)c2nc([C@H]3COCCO3)[nH]c2C1. The van der Waals surface area contributed by atoms with Crippen molar-refractivity contribution in [3.8, 4) is 0 Å². The van der Waals surface area contributed by atoms with Gasteiger partial charge in [-0.2, -0.15) is 0 Å². The molecular formula is C13H19N3O3. The van der Waals surface area contributed by atoms with Gasteiger partial charge >= 0.3 is 0 Å². The predicted molar refractivity (Wildman–Crippen MR) is 67.9 cm³/mol. The van der Waals surface area contributed by atoms with Gasteiger partial charge in [-0.1, -0.05) is 13.8 Å². The number of carbonyl (C=O) groups is 1. The van der Waals surface area contributed by atoms with Crippen LogP contribution in [-0.4, -0.2) is 42.2 Å². The molecule has 19 heavy (non-hydrogen) atoms. The van der Waals surface area contributed by atoms with Gasteiger partial charge in [-0.15, -0.1) is 0 Å². The van der Waals surface area contributed by atoms with E-state index in [-0.39, 0.29) is 17.4 Å². The zero-order valence-electron chi connectivity index (χ0n) is 11.3. The van der Waals surface area contributed by atoms with Gasteiger partial charge < -0.3 is 19.8 Å². The average Bonchev–Trinajstić information content (AvgIpc) is 2.76. The van der Waals surface area contributed by atoms with Gasteiger partial charge in [-0.3, -0.25) is 4.79 Å². The first-order valence-corrected chi connectivity index (χ1v) is 6.61. The molecule has 1 atom stereocenters. The first-order valence-electron chi connectivity index (χ1n) is 6.61. The van der Waals surface area contributed by atoms with Crippen molar-refractivity contribution < 1.29 is 14.3 Å². The van der Waals surface area contributed by atoms with Crippen molar-refractivity contribution in [2.45, 2.75) is 26.4 Å². The van der Waals surface area contributed by atoms with Crippen molar-refractivity contribution >= 4 is 5.91 Å². The minimum absolute atomic E-state index is 0.0225. The third-order valence-corrected chi connectivity index (χ3v) is 3.52. The highest BCUT2D eigenvalue weighted by molar-refractivity contribution is 5.94. The first-order chi connectivity index (χ1) is 9.05. The van der Waals surface area contributed by atoms with E-state index in [1.54, 1.807) is 0 Å². The molecule has 3 heterocycles. The Kier molecular flexibility index (Phi) is 3.06. The molecule has 0 unspecified atom stereocenters. The molecule has 2 N–H and O–H groups in total. The van der Waals surface area contributed by atoms with E-state index >= 15 is 0 Å². The third kappa shape index (κ3) is 2.50. The van der Waals surface area contributed by atoms with E-state index < -0.39 is 0 Å². The largest absolute Gasteiger partial charge is 0.376 e. The number of aromatic nitrogens is 2. The lowest BCUT2D eigenvalue weighted by molar-refractivity contribution is -0.0933. The van der Waals surface area contributed by atoms with Gasteiger partial charge in [-0.05, 0) is 11.8 Å². The molecule has 1 aromatic rings. The fraction of sp³-hybridized carbons (Fsp3) is 0.692. The number of nitrogens with one attached hydrogen (secondary N) is 2. The maximum Gasteiger partial charge on any atom is 0.271 e. The average molecular weight is 265 g/mol. The number of ether oxygens (including phenoxy) is 2. The van der Waals surface area contributed by atoms with Gasteiger partial charge in [0.25, 0.3) is 5.91 Å². The molecular weight excluding hydrogens is 246 g/mol. The van der Waals surface area contributed by atoms with E-state index in [0.29, 0.717) is 37.9 Å². The van der Waals surface area contributed by atoms with Crippen molar-refractivity contribution in [3.05, 3.63) is 17.2 Å². The molecule has 1 amide bonds. The van der Waals surface area contributed by atoms with Gasteiger partial charge in [0.2, 0.25) is 0 Å². The lowest BCUT2D eigenvalue weighted by atomic mass is 9.88. The Morgan fingerprint density at radius 2 is 2.21 bits per heavy atom. The molecule has 6 heteroatoms. The fourth-order valence-electron chi connectivity index (χ4n) is 2.49. The Morgan fingerprint density at radius 1 is 1.37 bits per heavy atom. The second-order valence-electron chi connectivity index (χ2n) is 5.91. The van der Waals surface area contributed by atoms with Crippen LogP contribution in [0.25, 0.3) is 0 Å². The number of nitrogens with zero attached hydrogens (tertiary/aromatic N) is 1. The molecule has 0 spiro atoms. The maximum absolute atomic E-state index is 12.0. The summed E-state index contributed by atoms with van der Waals surface area (Å²) in [5.74, 6) is 0.581. The summed E-state index contributed by atoms with van der Waals surface area (Å²) in [6, 6.07) is 0. The highest BCUT2D eigenvalue weighted by atomic mass is 16.6. The summed E-state index contributed by atoms with van der Waals surface area (Å²) >= 11 is 0. The van der Waals surface area contributed by atoms with Crippen LogP contribution >= 0.6 is 0 Å². The molecule has 0 aliphatic carbocycles. The normalized spacial score (nSPS) is 26.4. The van der Waals surface area contributed by atoms with Gasteiger partial charge in [0.05, 0.1) is 19.8 Å². The molecule has 1 fully saturated rings. The summed E-state index contributed by atoms with van der Waals surface area (Å²) in [7, 11) is 0. The Labute approximate surface area is 111 Å². The maximum atomic E-state index is 12.0. The van der Waals surface area contributed by atoms with Gasteiger partial charge in [0.1, 0.15) is 17.6 Å². The van der Waals surface area contributed by atoms with Gasteiger partial charge in [0.15, 0.2) is 0 Å². The molecule has 2 aliphatic rings. The van der Waals surface area contributed by atoms with Crippen LogP contribution in [0.3, 0.4) is 0 Å². The lowest BCUT2D eigenvalue weighted by Gasteiger charge is -2.22. The predicted octanol–water partition coefficient (Wildman–Crippen LogP) is 0.810. The van der Waals surface area contributed by atoms with Gasteiger partial charge in [-0.25, -0.2) is 4.98 Å². The minimum atomic E-state index is -0.198. The summed E-state index contributed by atoms with van der Waals surface area (Å²) in [6.45, 7) is 6.58. The number of H-pyrrole nitrogens is 1. The fourth-order valence-corrected chi connectivity index (χ4v) is 2.49. The van der Waals surface area contributed by atoms with E-state index in [1.807, 2.05) is 0 Å². The van der Waals surface area contributed by atoms with Crippen LogP contribution in [0.5, 0.6) is 0 Å². The number of fused-ring (bicyclic) bond motifs is 1. The van der Waals surface area contributed by atoms with Crippen LogP contribution in [0.15, 0.2) is 0 Å². The minimum Gasteiger partial charge on any atom is -0.376 e. The molecule has 0 radical (unpaired) electrons. The van der Waals surface area contributed by atoms with Crippen LogP contribution in [0.1, 0.15) is 42.0 Å². The van der Waals surface area contributed by atoms with Gasteiger partial charge in [0, 0.05) is 12.2 Å². The zero-order valence-corrected chi connectivity index (χ0v) is 11.3. The number of imidazole rings is 1. The Balaban J connectivity index is 1.90. The zero-order chi connectivity index (χ0) is 13.5. The van der Waals surface area contributed by atoms with Crippen LogP contribution < -0.4 is 5.32 Å². The van der Waals surface area contributed by atoms with E-state index in [2.05, 4.69) is 29.1 Å². The Hall–Kier alpha value is -1.40. The summed E-state index contributed by atoms with van der Waals surface area (Å²) in [6.07, 6.45) is 0.596. The molecule has 2 aliphatic heterocycles. The van der Waals surface area contributed by atoms with E-state index in [4.69, 9.17) is 9.47 Å². The highest BCUT2D eigenvalue weighted by Crippen LogP contribution is 2.27. The molecule has 1 saturated heterocycles. The van der Waals surface area contributed by atoms with Crippen molar-refractivity contribution in [1.29, 1.82) is 0 Å². The molecule has 0 aromatic carbocycles. The number of hydrogen-bond acceptors (Lipinski definition) is 4. The molecule has 0 bridgehead atoms. The summed E-state index contributed by atoms with van der Waals surface area (Å²) in [4.78, 5) is 19.7. The highest BCUT2D eigenvalue weighted by Gasteiger charge is 2.31. The molecule has 6 nitrogen and oxygen atoms in total. The van der Waals surface area contributed by atoms with Crippen molar-refractivity contribution in [3.63, 3.8) is 0 Å². The summed E-state index contributed by atoms with van der Waals surface area (Å²) in [5.41, 5.74) is 1.41. The van der Waals surface area contributed by atoms with Crippen molar-refractivity contribution in [1.82, 2.24) is 15.3 Å². The first kappa shape index (κ1) is 12.6. The van der Waals surface area contributed by atoms with Crippen molar-refractivity contribution in [2.75, 3.05) is 26.4 Å². The molecule has 0 saturated carbocycles. The second-order valence-corrected chi connectivity index (χ2v) is 5.91. The second kappa shape index (κ2) is 4.61. The Bertz CT molecular complexity index is 489. The molecule has 3 rings (SSSR count).